The van der Waals surface area contributed by atoms with Gasteiger partial charge in [0.1, 0.15) is 6.54 Å². The first kappa shape index (κ1) is 16.7. The molecule has 0 bridgehead atoms. The van der Waals surface area contributed by atoms with E-state index in [9.17, 15) is 9.59 Å². The molecule has 0 aliphatic carbocycles. The van der Waals surface area contributed by atoms with Crippen LogP contribution in [0.25, 0.3) is 0 Å². The lowest BCUT2D eigenvalue weighted by Crippen LogP contribution is -2.27. The van der Waals surface area contributed by atoms with E-state index >= 15 is 0 Å². The van der Waals surface area contributed by atoms with Crippen LogP contribution >= 0.6 is 0 Å². The van der Waals surface area contributed by atoms with Crippen LogP contribution < -0.4 is 15.8 Å². The fraction of sp³-hybridized carbons (Fsp3) is 0.353. The molecule has 6 heteroatoms. The zero-order valence-corrected chi connectivity index (χ0v) is 13.7. The maximum absolute atomic E-state index is 12.0. The van der Waals surface area contributed by atoms with Crippen molar-refractivity contribution in [3.63, 3.8) is 0 Å². The van der Waals surface area contributed by atoms with E-state index in [1.807, 2.05) is 24.3 Å². The Morgan fingerprint density at radius 2 is 1.87 bits per heavy atom. The SMILES string of the molecule is CCN(CC)c1ccc(NC(=O)Cn2cnc(C)cc2=O)cc1. The van der Waals surface area contributed by atoms with Gasteiger partial charge in [-0.1, -0.05) is 0 Å². The number of nitrogens with zero attached hydrogens (tertiary/aromatic N) is 3. The third kappa shape index (κ3) is 4.42. The molecule has 122 valence electrons. The fourth-order valence-corrected chi connectivity index (χ4v) is 2.33. The van der Waals surface area contributed by atoms with Gasteiger partial charge in [-0.25, -0.2) is 4.98 Å². The molecule has 1 aromatic carbocycles. The molecule has 1 aromatic heterocycles. The van der Waals surface area contributed by atoms with E-state index in [1.165, 1.54) is 17.0 Å². The summed E-state index contributed by atoms with van der Waals surface area (Å²) in [5.41, 5.74) is 2.23. The van der Waals surface area contributed by atoms with Gasteiger partial charge in [0.05, 0.1) is 6.33 Å². The predicted molar refractivity (Wildman–Crippen MR) is 91.9 cm³/mol. The van der Waals surface area contributed by atoms with Crippen molar-refractivity contribution in [2.75, 3.05) is 23.3 Å². The van der Waals surface area contributed by atoms with E-state index in [1.54, 1.807) is 6.92 Å². The summed E-state index contributed by atoms with van der Waals surface area (Å²) in [5.74, 6) is -0.256. The van der Waals surface area contributed by atoms with Gasteiger partial charge in [0.2, 0.25) is 5.91 Å². The van der Waals surface area contributed by atoms with E-state index in [2.05, 4.69) is 29.0 Å². The third-order valence-electron chi connectivity index (χ3n) is 3.61. The molecule has 6 nitrogen and oxygen atoms in total. The van der Waals surface area contributed by atoms with Crippen molar-refractivity contribution in [1.29, 1.82) is 0 Å². The lowest BCUT2D eigenvalue weighted by atomic mass is 10.2. The molecule has 2 aromatic rings. The van der Waals surface area contributed by atoms with Crippen molar-refractivity contribution in [2.45, 2.75) is 27.3 Å². The average Bonchev–Trinajstić information content (AvgIpc) is 2.53. The van der Waals surface area contributed by atoms with Gasteiger partial charge in [-0.2, -0.15) is 0 Å². The van der Waals surface area contributed by atoms with Gasteiger partial charge < -0.3 is 10.2 Å². The van der Waals surface area contributed by atoms with E-state index in [0.29, 0.717) is 11.4 Å². The molecule has 1 amide bonds. The minimum atomic E-state index is -0.256. The van der Waals surface area contributed by atoms with Crippen molar-refractivity contribution in [3.8, 4) is 0 Å². The topological polar surface area (TPSA) is 67.2 Å². The molecule has 0 aliphatic rings. The Morgan fingerprint density at radius 1 is 1.22 bits per heavy atom. The van der Waals surface area contributed by atoms with E-state index in [-0.39, 0.29) is 18.0 Å². The molecular formula is C17H22N4O2. The largest absolute Gasteiger partial charge is 0.372 e. The normalized spacial score (nSPS) is 10.4. The number of rotatable bonds is 6. The fourth-order valence-electron chi connectivity index (χ4n) is 2.33. The highest BCUT2D eigenvalue weighted by molar-refractivity contribution is 5.90. The molecule has 23 heavy (non-hydrogen) atoms. The average molecular weight is 314 g/mol. The summed E-state index contributed by atoms with van der Waals surface area (Å²) < 4.78 is 1.28. The summed E-state index contributed by atoms with van der Waals surface area (Å²) in [7, 11) is 0. The third-order valence-corrected chi connectivity index (χ3v) is 3.61. The molecule has 0 saturated carbocycles. The molecule has 0 atom stereocenters. The van der Waals surface area contributed by atoms with Gasteiger partial charge in [0.25, 0.3) is 5.56 Å². The summed E-state index contributed by atoms with van der Waals surface area (Å²) in [6.07, 6.45) is 1.39. The molecular weight excluding hydrogens is 292 g/mol. The molecule has 0 aliphatic heterocycles. The van der Waals surface area contributed by atoms with E-state index in [0.717, 1.165) is 18.8 Å². The summed E-state index contributed by atoms with van der Waals surface area (Å²) in [6.45, 7) is 7.77. The van der Waals surface area contributed by atoms with Crippen LogP contribution in [0.5, 0.6) is 0 Å². The number of hydrogen-bond acceptors (Lipinski definition) is 4. The highest BCUT2D eigenvalue weighted by Gasteiger charge is 2.07. The van der Waals surface area contributed by atoms with E-state index in [4.69, 9.17) is 0 Å². The molecule has 0 unspecified atom stereocenters. The first-order valence-corrected chi connectivity index (χ1v) is 7.71. The van der Waals surface area contributed by atoms with Gasteiger partial charge in [0, 0.05) is 36.2 Å². The van der Waals surface area contributed by atoms with Crippen molar-refractivity contribution in [2.24, 2.45) is 0 Å². The number of aryl methyl sites for hydroxylation is 1. The number of nitrogens with one attached hydrogen (secondary N) is 1. The van der Waals surface area contributed by atoms with Gasteiger partial charge in [0.15, 0.2) is 0 Å². The zero-order chi connectivity index (χ0) is 16.8. The Morgan fingerprint density at radius 3 is 2.43 bits per heavy atom. The minimum absolute atomic E-state index is 0.0517. The Kier molecular flexibility index (Phi) is 5.51. The van der Waals surface area contributed by atoms with Gasteiger partial charge in [-0.15, -0.1) is 0 Å². The molecule has 2 rings (SSSR count). The van der Waals surface area contributed by atoms with Crippen molar-refractivity contribution < 1.29 is 4.79 Å². The lowest BCUT2D eigenvalue weighted by Gasteiger charge is -2.21. The van der Waals surface area contributed by atoms with Crippen LogP contribution in [0, 0.1) is 6.92 Å². The van der Waals surface area contributed by atoms with Crippen LogP contribution in [0.2, 0.25) is 0 Å². The smallest absolute Gasteiger partial charge is 0.253 e. The summed E-state index contributed by atoms with van der Waals surface area (Å²) >= 11 is 0. The zero-order valence-electron chi connectivity index (χ0n) is 13.7. The quantitative estimate of drug-likeness (QED) is 0.886. The monoisotopic (exact) mass is 314 g/mol. The molecule has 0 radical (unpaired) electrons. The number of anilines is 2. The number of amides is 1. The predicted octanol–water partition coefficient (Wildman–Crippen LogP) is 2.04. The lowest BCUT2D eigenvalue weighted by molar-refractivity contribution is -0.116. The Labute approximate surface area is 135 Å². The molecule has 1 N–H and O–H groups in total. The maximum Gasteiger partial charge on any atom is 0.253 e. The van der Waals surface area contributed by atoms with Crippen molar-refractivity contribution in [3.05, 3.63) is 52.7 Å². The molecule has 0 saturated heterocycles. The highest BCUT2D eigenvalue weighted by atomic mass is 16.2. The van der Waals surface area contributed by atoms with Crippen LogP contribution in [0.3, 0.4) is 0 Å². The Hall–Kier alpha value is -2.63. The van der Waals surface area contributed by atoms with Crippen LogP contribution in [0.1, 0.15) is 19.5 Å². The summed E-state index contributed by atoms with van der Waals surface area (Å²) in [4.78, 5) is 30.0. The molecule has 0 fully saturated rings. The van der Waals surface area contributed by atoms with Crippen molar-refractivity contribution in [1.82, 2.24) is 9.55 Å². The van der Waals surface area contributed by atoms with Crippen LogP contribution in [-0.4, -0.2) is 28.5 Å². The first-order chi connectivity index (χ1) is 11.0. The molecule has 1 heterocycles. The van der Waals surface area contributed by atoms with Crippen LogP contribution in [0.4, 0.5) is 11.4 Å². The van der Waals surface area contributed by atoms with E-state index < -0.39 is 0 Å². The second-order valence-corrected chi connectivity index (χ2v) is 5.26. The standard InChI is InChI=1S/C17H22N4O2/c1-4-20(5-2)15-8-6-14(7-9-15)19-16(22)11-21-12-18-13(3)10-17(21)23/h6-10,12H,4-5,11H2,1-3H3,(H,19,22). The number of aromatic nitrogens is 2. The number of benzene rings is 1. The van der Waals surface area contributed by atoms with Gasteiger partial charge in [-0.3, -0.25) is 14.2 Å². The number of carbonyl (C=O) groups excluding carboxylic acids is 1. The first-order valence-electron chi connectivity index (χ1n) is 7.71. The summed E-state index contributed by atoms with van der Waals surface area (Å²) in [5, 5.41) is 2.79. The number of hydrogen-bond donors (Lipinski definition) is 1. The minimum Gasteiger partial charge on any atom is -0.372 e. The highest BCUT2D eigenvalue weighted by Crippen LogP contribution is 2.17. The second kappa shape index (κ2) is 7.58. The van der Waals surface area contributed by atoms with Crippen LogP contribution in [-0.2, 0) is 11.3 Å². The Balaban J connectivity index is 2.01. The summed E-state index contributed by atoms with van der Waals surface area (Å²) in [6, 6.07) is 9.08. The van der Waals surface area contributed by atoms with Crippen LogP contribution in [0.15, 0.2) is 41.5 Å². The van der Waals surface area contributed by atoms with Gasteiger partial charge in [-0.05, 0) is 45.0 Å². The maximum atomic E-state index is 12.0. The van der Waals surface area contributed by atoms with Gasteiger partial charge >= 0.3 is 0 Å². The number of carbonyl (C=O) groups is 1. The van der Waals surface area contributed by atoms with Crippen molar-refractivity contribution >= 4 is 17.3 Å². The Bertz CT molecular complexity index is 718. The second-order valence-electron chi connectivity index (χ2n) is 5.26. The molecule has 0 spiro atoms.